The summed E-state index contributed by atoms with van der Waals surface area (Å²) < 4.78 is 1.60. The molecule has 1 amide bonds. The van der Waals surface area contributed by atoms with Crippen molar-refractivity contribution in [3.63, 3.8) is 0 Å². The van der Waals surface area contributed by atoms with Gasteiger partial charge in [0.15, 0.2) is 5.69 Å². The van der Waals surface area contributed by atoms with Gasteiger partial charge >= 0.3 is 0 Å². The maximum atomic E-state index is 12.3. The van der Waals surface area contributed by atoms with Crippen molar-refractivity contribution in [1.29, 1.82) is 0 Å². The van der Waals surface area contributed by atoms with E-state index in [0.29, 0.717) is 31.6 Å². The zero-order valence-corrected chi connectivity index (χ0v) is 17.5. The van der Waals surface area contributed by atoms with Crippen LogP contribution in [-0.4, -0.2) is 80.7 Å². The fourth-order valence-electron chi connectivity index (χ4n) is 4.33. The van der Waals surface area contributed by atoms with Gasteiger partial charge in [-0.05, 0) is 44.3 Å². The van der Waals surface area contributed by atoms with E-state index in [2.05, 4.69) is 49.7 Å². The van der Waals surface area contributed by atoms with E-state index < -0.39 is 5.60 Å². The third-order valence-electron chi connectivity index (χ3n) is 6.18. The largest absolute Gasteiger partial charge is 0.388 e. The number of carbonyl (C=O) groups is 1. The Morgan fingerprint density at radius 2 is 1.80 bits per heavy atom. The van der Waals surface area contributed by atoms with E-state index >= 15 is 0 Å². The quantitative estimate of drug-likeness (QED) is 0.676. The number of nitrogens with one attached hydrogen (secondary N) is 1. The molecule has 3 heterocycles. The highest BCUT2D eigenvalue weighted by molar-refractivity contribution is 5.91. The number of hydrogen-bond acceptors (Lipinski definition) is 6. The first-order valence-electron chi connectivity index (χ1n) is 11.0. The average molecular weight is 413 g/mol. The molecule has 1 aromatic carbocycles. The number of piperidine rings is 1. The number of rotatable bonds is 8. The molecule has 0 unspecified atom stereocenters. The lowest BCUT2D eigenvalue weighted by molar-refractivity contribution is -0.0383. The maximum absolute atomic E-state index is 12.3. The van der Waals surface area contributed by atoms with Crippen molar-refractivity contribution in [2.45, 2.75) is 44.4 Å². The monoisotopic (exact) mass is 412 g/mol. The van der Waals surface area contributed by atoms with Crippen molar-refractivity contribution in [2.75, 3.05) is 39.3 Å². The molecule has 2 aliphatic rings. The lowest BCUT2D eigenvalue weighted by Gasteiger charge is -2.38. The van der Waals surface area contributed by atoms with Gasteiger partial charge in [0, 0.05) is 32.7 Å². The van der Waals surface area contributed by atoms with Gasteiger partial charge < -0.3 is 15.3 Å². The van der Waals surface area contributed by atoms with Crippen LogP contribution in [0.3, 0.4) is 0 Å². The summed E-state index contributed by atoms with van der Waals surface area (Å²) in [5.41, 5.74) is 0.783. The second-order valence-corrected chi connectivity index (χ2v) is 8.59. The molecule has 2 fully saturated rings. The number of aliphatic hydroxyl groups is 1. The second kappa shape index (κ2) is 9.68. The molecule has 2 saturated heterocycles. The van der Waals surface area contributed by atoms with Crippen LogP contribution in [0.5, 0.6) is 0 Å². The van der Waals surface area contributed by atoms with Crippen LogP contribution in [0.15, 0.2) is 36.5 Å². The van der Waals surface area contributed by atoms with Gasteiger partial charge in [-0.3, -0.25) is 9.69 Å². The van der Waals surface area contributed by atoms with Crippen LogP contribution in [0, 0.1) is 0 Å². The van der Waals surface area contributed by atoms with Gasteiger partial charge in [0.2, 0.25) is 0 Å². The van der Waals surface area contributed by atoms with E-state index in [1.54, 1.807) is 10.9 Å². The summed E-state index contributed by atoms with van der Waals surface area (Å²) in [5, 5.41) is 22.0. The molecule has 0 spiro atoms. The summed E-state index contributed by atoms with van der Waals surface area (Å²) in [5.74, 6) is -0.204. The molecule has 8 heteroatoms. The average Bonchev–Trinajstić information content (AvgIpc) is 3.43. The maximum Gasteiger partial charge on any atom is 0.273 e. The molecule has 0 bridgehead atoms. The van der Waals surface area contributed by atoms with Crippen LogP contribution in [0.1, 0.15) is 41.7 Å². The van der Waals surface area contributed by atoms with Gasteiger partial charge in [0.05, 0.1) is 18.3 Å². The minimum atomic E-state index is -0.815. The third-order valence-corrected chi connectivity index (χ3v) is 6.18. The standard InChI is InChI=1S/C22H32N6O2/c29-21(23-10-15-26-11-4-5-12-26)20-17-28(25-24-20)18-22(30)8-13-27(14-9-22)16-19-6-2-1-3-7-19/h1-3,6-7,17,30H,4-5,8-16,18H2,(H,23,29). The van der Waals surface area contributed by atoms with Crippen LogP contribution in [0.4, 0.5) is 0 Å². The SMILES string of the molecule is O=C(NCCN1CCCC1)c1cn(CC2(O)CCN(Cc3ccccc3)CC2)nn1. The van der Waals surface area contributed by atoms with Crippen LogP contribution >= 0.6 is 0 Å². The molecule has 1 aromatic heterocycles. The van der Waals surface area contributed by atoms with Gasteiger partial charge in [0.25, 0.3) is 5.91 Å². The molecule has 8 nitrogen and oxygen atoms in total. The molecule has 2 aliphatic heterocycles. The van der Waals surface area contributed by atoms with Crippen molar-refractivity contribution in [2.24, 2.45) is 0 Å². The number of aromatic nitrogens is 3. The Balaban J connectivity index is 1.22. The molecular formula is C22H32N6O2. The van der Waals surface area contributed by atoms with Crippen LogP contribution in [0.2, 0.25) is 0 Å². The zero-order chi connectivity index (χ0) is 20.8. The van der Waals surface area contributed by atoms with E-state index in [1.807, 2.05) is 6.07 Å². The van der Waals surface area contributed by atoms with Crippen molar-refractivity contribution >= 4 is 5.91 Å². The molecule has 2 N–H and O–H groups in total. The molecule has 30 heavy (non-hydrogen) atoms. The Morgan fingerprint density at radius 3 is 2.53 bits per heavy atom. The van der Waals surface area contributed by atoms with Gasteiger partial charge in [-0.25, -0.2) is 4.68 Å². The second-order valence-electron chi connectivity index (χ2n) is 8.59. The first kappa shape index (κ1) is 21.0. The van der Waals surface area contributed by atoms with E-state index in [0.717, 1.165) is 39.3 Å². The van der Waals surface area contributed by atoms with E-state index in [1.165, 1.54) is 18.4 Å². The van der Waals surface area contributed by atoms with Gasteiger partial charge in [-0.1, -0.05) is 35.5 Å². The number of hydrogen-bond donors (Lipinski definition) is 2. The minimum Gasteiger partial charge on any atom is -0.388 e. The first-order valence-corrected chi connectivity index (χ1v) is 11.0. The predicted molar refractivity (Wildman–Crippen MR) is 114 cm³/mol. The minimum absolute atomic E-state index is 0.204. The Bertz CT molecular complexity index is 810. The summed E-state index contributed by atoms with van der Waals surface area (Å²) >= 11 is 0. The Hall–Kier alpha value is -2.29. The first-order chi connectivity index (χ1) is 14.6. The van der Waals surface area contributed by atoms with E-state index in [4.69, 9.17) is 0 Å². The van der Waals surface area contributed by atoms with E-state index in [-0.39, 0.29) is 5.91 Å². The van der Waals surface area contributed by atoms with Gasteiger partial charge in [-0.2, -0.15) is 0 Å². The number of carbonyl (C=O) groups excluding carboxylic acids is 1. The van der Waals surface area contributed by atoms with Crippen LogP contribution in [-0.2, 0) is 13.1 Å². The number of nitrogens with zero attached hydrogens (tertiary/aromatic N) is 5. The Morgan fingerprint density at radius 1 is 1.07 bits per heavy atom. The van der Waals surface area contributed by atoms with Crippen molar-refractivity contribution < 1.29 is 9.90 Å². The van der Waals surface area contributed by atoms with Gasteiger partial charge in [0.1, 0.15) is 0 Å². The summed E-state index contributed by atoms with van der Waals surface area (Å²) in [6, 6.07) is 10.4. The Kier molecular flexibility index (Phi) is 6.76. The lowest BCUT2D eigenvalue weighted by Crippen LogP contribution is -2.46. The summed E-state index contributed by atoms with van der Waals surface area (Å²) in [6.45, 7) is 6.67. The van der Waals surface area contributed by atoms with Crippen LogP contribution < -0.4 is 5.32 Å². The summed E-state index contributed by atoms with van der Waals surface area (Å²) in [7, 11) is 0. The third kappa shape index (κ3) is 5.65. The van der Waals surface area contributed by atoms with Crippen molar-refractivity contribution in [1.82, 2.24) is 30.1 Å². The Labute approximate surface area is 177 Å². The number of benzene rings is 1. The van der Waals surface area contributed by atoms with Crippen LogP contribution in [0.25, 0.3) is 0 Å². The zero-order valence-electron chi connectivity index (χ0n) is 17.5. The summed E-state index contributed by atoms with van der Waals surface area (Å²) in [4.78, 5) is 17.0. The topological polar surface area (TPSA) is 86.5 Å². The summed E-state index contributed by atoms with van der Waals surface area (Å²) in [6.07, 6.45) is 5.48. The molecule has 4 rings (SSSR count). The number of likely N-dealkylation sites (tertiary alicyclic amines) is 2. The lowest BCUT2D eigenvalue weighted by atomic mass is 9.91. The highest BCUT2D eigenvalue weighted by Gasteiger charge is 2.33. The molecule has 2 aromatic rings. The molecule has 0 atom stereocenters. The van der Waals surface area contributed by atoms with E-state index in [9.17, 15) is 9.90 Å². The molecule has 0 saturated carbocycles. The number of amides is 1. The highest BCUT2D eigenvalue weighted by Crippen LogP contribution is 2.25. The fourth-order valence-corrected chi connectivity index (χ4v) is 4.33. The fraction of sp³-hybridized carbons (Fsp3) is 0.591. The van der Waals surface area contributed by atoms with Crippen molar-refractivity contribution in [3.05, 3.63) is 47.8 Å². The van der Waals surface area contributed by atoms with Crippen molar-refractivity contribution in [3.8, 4) is 0 Å². The van der Waals surface area contributed by atoms with Gasteiger partial charge in [-0.15, -0.1) is 5.10 Å². The predicted octanol–water partition coefficient (Wildman–Crippen LogP) is 1.13. The molecular weight excluding hydrogens is 380 g/mol. The smallest absolute Gasteiger partial charge is 0.273 e. The molecule has 0 aliphatic carbocycles. The highest BCUT2D eigenvalue weighted by atomic mass is 16.3. The molecule has 0 radical (unpaired) electrons. The normalized spacial score (nSPS) is 19.8. The molecule has 162 valence electrons.